The molecule has 0 radical (unpaired) electrons. The second kappa shape index (κ2) is 11.3. The van der Waals surface area contributed by atoms with Crippen LogP contribution in [0.15, 0.2) is 84.4 Å². The third-order valence-corrected chi connectivity index (χ3v) is 7.57. The lowest BCUT2D eigenvalue weighted by Crippen LogP contribution is -2.45. The highest BCUT2D eigenvalue weighted by Gasteiger charge is 2.35. The molecule has 36 heavy (non-hydrogen) atoms. The average Bonchev–Trinajstić information content (AvgIpc) is 2.92. The molecule has 0 bridgehead atoms. The molecule has 0 aromatic heterocycles. The molecule has 0 saturated carbocycles. The van der Waals surface area contributed by atoms with Gasteiger partial charge in [0.25, 0.3) is 0 Å². The number of hydrogen-bond acceptors (Lipinski definition) is 4. The van der Waals surface area contributed by atoms with Gasteiger partial charge in [0.05, 0.1) is 12.1 Å². The molecule has 3 aromatic rings. The van der Waals surface area contributed by atoms with E-state index in [1.807, 2.05) is 36.4 Å². The van der Waals surface area contributed by atoms with Gasteiger partial charge in [-0.3, -0.25) is 4.90 Å². The zero-order valence-corrected chi connectivity index (χ0v) is 21.4. The molecular weight excluding hydrogens is 446 g/mol. The second-order valence-electron chi connectivity index (χ2n) is 10.1. The molecule has 0 spiro atoms. The van der Waals surface area contributed by atoms with E-state index < -0.39 is 0 Å². The Morgan fingerprint density at radius 2 is 1.50 bits per heavy atom. The number of hydrogen-bond donors (Lipinski definition) is 1. The lowest BCUT2D eigenvalue weighted by Gasteiger charge is -2.44. The van der Waals surface area contributed by atoms with E-state index in [0.717, 1.165) is 54.9 Å². The fourth-order valence-electron chi connectivity index (χ4n) is 5.62. The van der Waals surface area contributed by atoms with Crippen LogP contribution >= 0.6 is 0 Å². The first-order valence-electron chi connectivity index (χ1n) is 13.2. The molecule has 0 aliphatic carbocycles. The summed E-state index contributed by atoms with van der Waals surface area (Å²) < 4.78 is 12.8. The number of benzene rings is 3. The number of ether oxygens (including phenoxy) is 2. The molecule has 2 aliphatic heterocycles. The monoisotopic (exact) mass is 483 g/mol. The fraction of sp³-hybridized carbons (Fsp3) is 0.375. The minimum absolute atomic E-state index is 0.202. The van der Waals surface area contributed by atoms with Crippen molar-refractivity contribution in [2.45, 2.75) is 70.9 Å². The Balaban J connectivity index is 1.50. The van der Waals surface area contributed by atoms with E-state index in [4.69, 9.17) is 9.47 Å². The van der Waals surface area contributed by atoms with Crippen molar-refractivity contribution in [3.05, 3.63) is 107 Å². The zero-order valence-electron chi connectivity index (χ0n) is 21.4. The maximum atomic E-state index is 10.5. The number of nitrogens with zero attached hydrogens (tertiary/aromatic N) is 1. The van der Waals surface area contributed by atoms with E-state index in [-0.39, 0.29) is 12.1 Å². The Morgan fingerprint density at radius 3 is 2.11 bits per heavy atom. The van der Waals surface area contributed by atoms with Gasteiger partial charge in [-0.25, -0.2) is 0 Å². The van der Waals surface area contributed by atoms with Crippen LogP contribution in [-0.4, -0.2) is 28.7 Å². The highest BCUT2D eigenvalue weighted by Crippen LogP contribution is 2.44. The first-order valence-corrected chi connectivity index (χ1v) is 13.2. The van der Waals surface area contributed by atoms with Gasteiger partial charge in [-0.05, 0) is 67.0 Å². The third kappa shape index (κ3) is 5.50. The maximum absolute atomic E-state index is 10.5. The van der Waals surface area contributed by atoms with Gasteiger partial charge in [0.15, 0.2) is 11.5 Å². The number of rotatable bonds is 7. The standard InChI is InChI=1S/C32H37NO3/c1-3-27-19-28(34)15-14-23(2)32-29-20-31(36-22-25-12-8-5-9-13-25)30(18-26(29)16-17-33(27)32)35-21-24-10-6-4-7-11-24/h4-14,18,20,27-28,32,34H,3,15-17,19,21-22H2,1-2H3/b23-14-/t27-,28+,32+/m1/s1. The summed E-state index contributed by atoms with van der Waals surface area (Å²) in [6.07, 6.45) is 5.50. The smallest absolute Gasteiger partial charge is 0.162 e. The number of aliphatic hydroxyl groups excluding tert-OH is 1. The molecule has 188 valence electrons. The summed E-state index contributed by atoms with van der Waals surface area (Å²) in [4.78, 5) is 2.60. The molecule has 3 atom stereocenters. The summed E-state index contributed by atoms with van der Waals surface area (Å²) >= 11 is 0. The van der Waals surface area contributed by atoms with Crippen LogP contribution < -0.4 is 9.47 Å². The van der Waals surface area contributed by atoms with Crippen LogP contribution in [0.3, 0.4) is 0 Å². The second-order valence-corrected chi connectivity index (χ2v) is 10.1. The minimum Gasteiger partial charge on any atom is -0.485 e. The Hall–Kier alpha value is -3.08. The van der Waals surface area contributed by atoms with E-state index in [0.29, 0.717) is 19.3 Å². The fourth-order valence-corrected chi connectivity index (χ4v) is 5.62. The van der Waals surface area contributed by atoms with Gasteiger partial charge in [-0.15, -0.1) is 0 Å². The molecule has 2 heterocycles. The van der Waals surface area contributed by atoms with E-state index in [1.54, 1.807) is 0 Å². The maximum Gasteiger partial charge on any atom is 0.162 e. The highest BCUT2D eigenvalue weighted by molar-refractivity contribution is 5.51. The van der Waals surface area contributed by atoms with E-state index >= 15 is 0 Å². The average molecular weight is 484 g/mol. The molecular formula is C32H37NO3. The Labute approximate surface area is 215 Å². The molecule has 1 N–H and O–H groups in total. The van der Waals surface area contributed by atoms with E-state index in [1.165, 1.54) is 16.7 Å². The number of aliphatic hydroxyl groups is 1. The van der Waals surface area contributed by atoms with Crippen LogP contribution in [0, 0.1) is 0 Å². The Kier molecular flexibility index (Phi) is 7.74. The first-order chi connectivity index (χ1) is 17.6. The van der Waals surface area contributed by atoms with Crippen molar-refractivity contribution in [2.24, 2.45) is 0 Å². The molecule has 4 nitrogen and oxygen atoms in total. The summed E-state index contributed by atoms with van der Waals surface area (Å²) in [5.74, 6) is 1.59. The molecule has 0 saturated heterocycles. The predicted molar refractivity (Wildman–Crippen MR) is 144 cm³/mol. The Morgan fingerprint density at radius 1 is 0.889 bits per heavy atom. The number of fused-ring (bicyclic) bond motifs is 3. The molecule has 3 aromatic carbocycles. The van der Waals surface area contributed by atoms with Gasteiger partial charge in [0.2, 0.25) is 0 Å². The van der Waals surface area contributed by atoms with Crippen LogP contribution in [-0.2, 0) is 19.6 Å². The van der Waals surface area contributed by atoms with Crippen molar-refractivity contribution < 1.29 is 14.6 Å². The lowest BCUT2D eigenvalue weighted by atomic mass is 9.83. The van der Waals surface area contributed by atoms with Crippen molar-refractivity contribution in [1.29, 1.82) is 0 Å². The highest BCUT2D eigenvalue weighted by atomic mass is 16.5. The summed E-state index contributed by atoms with van der Waals surface area (Å²) in [7, 11) is 0. The SMILES string of the molecule is CC[C@@H]1C[C@@H](O)C/C=C(/C)[C@H]2c3cc(OCc4ccccc4)c(OCc4ccccc4)cc3CCN12. The molecule has 2 aliphatic rings. The van der Waals surface area contributed by atoms with Gasteiger partial charge in [-0.2, -0.15) is 0 Å². The van der Waals surface area contributed by atoms with Gasteiger partial charge in [0.1, 0.15) is 13.2 Å². The molecule has 0 unspecified atom stereocenters. The van der Waals surface area contributed by atoms with E-state index in [9.17, 15) is 5.11 Å². The zero-order chi connectivity index (χ0) is 24.9. The van der Waals surface area contributed by atoms with Gasteiger partial charge < -0.3 is 14.6 Å². The molecule has 0 fully saturated rings. The molecule has 4 heteroatoms. The molecule has 5 rings (SSSR count). The summed E-state index contributed by atoms with van der Waals surface area (Å²) in [5, 5.41) is 10.5. The van der Waals surface area contributed by atoms with Gasteiger partial charge in [0, 0.05) is 12.6 Å². The largest absolute Gasteiger partial charge is 0.485 e. The lowest BCUT2D eigenvalue weighted by molar-refractivity contribution is 0.0707. The van der Waals surface area contributed by atoms with Crippen molar-refractivity contribution in [3.63, 3.8) is 0 Å². The van der Waals surface area contributed by atoms with Crippen molar-refractivity contribution in [1.82, 2.24) is 4.90 Å². The van der Waals surface area contributed by atoms with Crippen molar-refractivity contribution in [3.8, 4) is 11.5 Å². The first kappa shape index (κ1) is 24.6. The van der Waals surface area contributed by atoms with Crippen molar-refractivity contribution in [2.75, 3.05) is 6.54 Å². The van der Waals surface area contributed by atoms with Crippen LogP contribution in [0.2, 0.25) is 0 Å². The third-order valence-electron chi connectivity index (χ3n) is 7.57. The summed E-state index contributed by atoms with van der Waals surface area (Å²) in [6.45, 7) is 6.43. The predicted octanol–water partition coefficient (Wildman–Crippen LogP) is 6.62. The summed E-state index contributed by atoms with van der Waals surface area (Å²) in [6, 6.07) is 25.5. The summed E-state index contributed by atoms with van der Waals surface area (Å²) in [5.41, 5.74) is 6.21. The van der Waals surface area contributed by atoms with Crippen LogP contribution in [0.4, 0.5) is 0 Å². The van der Waals surface area contributed by atoms with Crippen LogP contribution in [0.5, 0.6) is 11.5 Å². The minimum atomic E-state index is -0.272. The Bertz CT molecular complexity index is 1170. The molecule has 0 amide bonds. The van der Waals surface area contributed by atoms with Gasteiger partial charge >= 0.3 is 0 Å². The van der Waals surface area contributed by atoms with Crippen molar-refractivity contribution >= 4 is 0 Å². The van der Waals surface area contributed by atoms with Crippen LogP contribution in [0.1, 0.15) is 61.4 Å². The van der Waals surface area contributed by atoms with Crippen LogP contribution in [0.25, 0.3) is 0 Å². The van der Waals surface area contributed by atoms with E-state index in [2.05, 4.69) is 61.2 Å². The quantitative estimate of drug-likeness (QED) is 0.383. The van der Waals surface area contributed by atoms with Gasteiger partial charge in [-0.1, -0.05) is 79.2 Å². The topological polar surface area (TPSA) is 41.9 Å². The normalized spacial score (nSPS) is 23.4.